The number of imidazole rings is 1. The Morgan fingerprint density at radius 3 is 2.57 bits per heavy atom. The van der Waals surface area contributed by atoms with E-state index in [2.05, 4.69) is 31.1 Å². The Hall–Kier alpha value is -3.39. The van der Waals surface area contributed by atoms with Crippen LogP contribution in [0, 0.1) is 11.6 Å². The van der Waals surface area contributed by atoms with Gasteiger partial charge in [0.1, 0.15) is 11.4 Å². The lowest BCUT2D eigenvalue weighted by Gasteiger charge is -2.04. The maximum absolute atomic E-state index is 14.1. The molecule has 0 unspecified atom stereocenters. The molecule has 1 aromatic heterocycles. The molecule has 3 heterocycles. The van der Waals surface area contributed by atoms with Gasteiger partial charge in [-0.1, -0.05) is 39.3 Å². The minimum Gasteiger partial charge on any atom is -0.359 e. The van der Waals surface area contributed by atoms with E-state index in [4.69, 9.17) is 4.52 Å². The van der Waals surface area contributed by atoms with E-state index in [-0.39, 0.29) is 11.4 Å². The Balaban J connectivity index is 1.42. The fourth-order valence-electron chi connectivity index (χ4n) is 3.17. The zero-order valence-corrected chi connectivity index (χ0v) is 17.0. The fourth-order valence-corrected chi connectivity index (χ4v) is 3.44. The molecule has 8 heteroatoms. The second kappa shape index (κ2) is 7.46. The van der Waals surface area contributed by atoms with Crippen molar-refractivity contribution >= 4 is 15.9 Å². The van der Waals surface area contributed by atoms with Crippen LogP contribution in [0.4, 0.5) is 8.78 Å². The summed E-state index contributed by atoms with van der Waals surface area (Å²) in [6.07, 6.45) is 3.61. The highest BCUT2D eigenvalue weighted by Gasteiger charge is 2.18. The summed E-state index contributed by atoms with van der Waals surface area (Å²) < 4.78 is 35.9. The Morgan fingerprint density at radius 2 is 1.73 bits per heavy atom. The molecule has 0 N–H and O–H groups in total. The van der Waals surface area contributed by atoms with E-state index in [1.807, 2.05) is 41.1 Å². The van der Waals surface area contributed by atoms with Crippen molar-refractivity contribution in [2.45, 2.75) is 6.54 Å². The zero-order valence-electron chi connectivity index (χ0n) is 15.4. The Labute approximate surface area is 178 Å². The molecule has 0 spiro atoms. The van der Waals surface area contributed by atoms with Gasteiger partial charge in [-0.2, -0.15) is 0 Å². The Kier molecular flexibility index (Phi) is 4.63. The van der Waals surface area contributed by atoms with Gasteiger partial charge in [0.2, 0.25) is 0 Å². The van der Waals surface area contributed by atoms with Gasteiger partial charge in [-0.15, -0.1) is 0 Å². The number of halogens is 3. The van der Waals surface area contributed by atoms with Gasteiger partial charge >= 0.3 is 0 Å². The predicted octanol–water partition coefficient (Wildman–Crippen LogP) is 5.79. The van der Waals surface area contributed by atoms with Crippen molar-refractivity contribution in [2.75, 3.05) is 0 Å². The van der Waals surface area contributed by atoms with Crippen molar-refractivity contribution in [1.29, 1.82) is 0 Å². The molecule has 30 heavy (non-hydrogen) atoms. The summed E-state index contributed by atoms with van der Waals surface area (Å²) in [7, 11) is 0. The molecule has 2 aromatic carbocycles. The SMILES string of the molecule is Fc1cccc(-c2nc3ccn(Cc4cc(-c5ccc(Br)cc5)no4)cc-3n2)c1F. The first-order valence-corrected chi connectivity index (χ1v) is 9.85. The van der Waals surface area contributed by atoms with E-state index in [1.165, 1.54) is 12.1 Å². The van der Waals surface area contributed by atoms with Crippen LogP contribution in [-0.4, -0.2) is 19.7 Å². The number of hydrogen-bond donors (Lipinski definition) is 0. The second-order valence-corrected chi connectivity index (χ2v) is 7.64. The van der Waals surface area contributed by atoms with E-state index in [1.54, 1.807) is 12.3 Å². The Morgan fingerprint density at radius 1 is 0.933 bits per heavy atom. The average molecular weight is 467 g/mol. The molecule has 0 saturated heterocycles. The topological polar surface area (TPSA) is 56.7 Å². The van der Waals surface area contributed by atoms with E-state index in [9.17, 15) is 8.78 Å². The third kappa shape index (κ3) is 3.50. The van der Waals surface area contributed by atoms with Gasteiger partial charge < -0.3 is 9.09 Å². The lowest BCUT2D eigenvalue weighted by atomic mass is 10.1. The van der Waals surface area contributed by atoms with Crippen LogP contribution in [0.5, 0.6) is 0 Å². The average Bonchev–Trinajstić information content (AvgIpc) is 3.37. The standard InChI is InChI=1S/C22H13BrF2N4O/c23-14-6-4-13(5-7-14)19-10-15(30-28-19)11-29-9-8-18-20(12-29)27-22(26-18)16-2-1-3-17(24)21(16)25/h1-10,12H,11H2. The number of benzene rings is 2. The van der Waals surface area contributed by atoms with Crippen molar-refractivity contribution < 1.29 is 13.3 Å². The third-order valence-electron chi connectivity index (χ3n) is 4.66. The first kappa shape index (κ1) is 18.6. The molecule has 2 aliphatic rings. The van der Waals surface area contributed by atoms with E-state index in [0.29, 0.717) is 23.7 Å². The molecule has 0 radical (unpaired) electrons. The summed E-state index contributed by atoms with van der Waals surface area (Å²) in [4.78, 5) is 8.67. The van der Waals surface area contributed by atoms with Crippen LogP contribution in [0.15, 0.2) is 76.0 Å². The van der Waals surface area contributed by atoms with Gasteiger partial charge in [0.25, 0.3) is 0 Å². The van der Waals surface area contributed by atoms with Crippen LogP contribution in [0.1, 0.15) is 5.76 Å². The smallest absolute Gasteiger partial charge is 0.169 e. The van der Waals surface area contributed by atoms with E-state index in [0.717, 1.165) is 21.8 Å². The van der Waals surface area contributed by atoms with Gasteiger partial charge in [0.15, 0.2) is 23.2 Å². The molecule has 5 nitrogen and oxygen atoms in total. The molecule has 2 aliphatic heterocycles. The molecule has 5 rings (SSSR count). The van der Waals surface area contributed by atoms with Gasteiger partial charge in [0.05, 0.1) is 17.8 Å². The van der Waals surface area contributed by atoms with Gasteiger partial charge in [0, 0.05) is 28.5 Å². The monoisotopic (exact) mass is 466 g/mol. The van der Waals surface area contributed by atoms with Crippen LogP contribution in [0.3, 0.4) is 0 Å². The van der Waals surface area contributed by atoms with Crippen LogP contribution < -0.4 is 0 Å². The first-order chi connectivity index (χ1) is 14.6. The van der Waals surface area contributed by atoms with Crippen LogP contribution in [0.25, 0.3) is 34.0 Å². The molecule has 0 bridgehead atoms. The zero-order chi connectivity index (χ0) is 20.7. The highest BCUT2D eigenvalue weighted by molar-refractivity contribution is 9.10. The minimum absolute atomic E-state index is 0.0344. The van der Waals surface area contributed by atoms with Crippen molar-refractivity contribution in [1.82, 2.24) is 19.7 Å². The maximum Gasteiger partial charge on any atom is 0.169 e. The minimum atomic E-state index is -0.956. The largest absolute Gasteiger partial charge is 0.359 e. The molecular formula is C22H13BrF2N4O. The van der Waals surface area contributed by atoms with Gasteiger partial charge in [-0.05, 0) is 30.3 Å². The summed E-state index contributed by atoms with van der Waals surface area (Å²) in [5.41, 5.74) is 2.91. The summed E-state index contributed by atoms with van der Waals surface area (Å²) in [6.45, 7) is 0.440. The predicted molar refractivity (Wildman–Crippen MR) is 111 cm³/mol. The van der Waals surface area contributed by atoms with Crippen molar-refractivity contribution in [3.8, 4) is 34.0 Å². The highest BCUT2D eigenvalue weighted by Crippen LogP contribution is 2.28. The van der Waals surface area contributed by atoms with Crippen LogP contribution in [0.2, 0.25) is 0 Å². The van der Waals surface area contributed by atoms with Crippen molar-refractivity contribution in [3.05, 3.63) is 88.9 Å². The second-order valence-electron chi connectivity index (χ2n) is 6.72. The number of rotatable bonds is 4. The van der Waals surface area contributed by atoms with E-state index < -0.39 is 11.6 Å². The van der Waals surface area contributed by atoms with Crippen LogP contribution >= 0.6 is 15.9 Å². The first-order valence-electron chi connectivity index (χ1n) is 9.06. The molecule has 0 saturated carbocycles. The van der Waals surface area contributed by atoms with Gasteiger partial charge in [-0.25, -0.2) is 18.7 Å². The molecule has 148 valence electrons. The van der Waals surface area contributed by atoms with Crippen molar-refractivity contribution in [2.24, 2.45) is 0 Å². The van der Waals surface area contributed by atoms with E-state index >= 15 is 0 Å². The molecule has 0 aliphatic carbocycles. The summed E-state index contributed by atoms with van der Waals surface area (Å²) >= 11 is 3.41. The summed E-state index contributed by atoms with van der Waals surface area (Å²) in [5, 5.41) is 4.13. The molecule has 3 aromatic rings. The highest BCUT2D eigenvalue weighted by atomic mass is 79.9. The van der Waals surface area contributed by atoms with Crippen molar-refractivity contribution in [3.63, 3.8) is 0 Å². The third-order valence-corrected chi connectivity index (χ3v) is 5.19. The lowest BCUT2D eigenvalue weighted by Crippen LogP contribution is -1.99. The summed E-state index contributed by atoms with van der Waals surface area (Å²) in [6, 6.07) is 15.4. The number of nitrogens with zero attached hydrogens (tertiary/aromatic N) is 4. The molecular weight excluding hydrogens is 454 g/mol. The number of fused-ring (bicyclic) bond motifs is 1. The molecule has 0 fully saturated rings. The fraction of sp³-hybridized carbons (Fsp3) is 0.0455. The van der Waals surface area contributed by atoms with Gasteiger partial charge in [-0.3, -0.25) is 0 Å². The molecule has 0 atom stereocenters. The lowest BCUT2D eigenvalue weighted by molar-refractivity contribution is 0.378. The molecule has 0 amide bonds. The number of pyridine rings is 1. The maximum atomic E-state index is 14.1. The normalized spacial score (nSPS) is 11.3. The Bertz CT molecular complexity index is 1310. The summed E-state index contributed by atoms with van der Waals surface area (Å²) in [5.74, 6) is -1.06. The number of aromatic nitrogens is 4. The van der Waals surface area contributed by atoms with Crippen LogP contribution in [-0.2, 0) is 6.54 Å². The number of hydrogen-bond acceptors (Lipinski definition) is 4. The quantitative estimate of drug-likeness (QED) is 0.336.